The van der Waals surface area contributed by atoms with E-state index in [0.717, 1.165) is 11.1 Å². The summed E-state index contributed by atoms with van der Waals surface area (Å²) in [4.78, 5) is 28.9. The summed E-state index contributed by atoms with van der Waals surface area (Å²) >= 11 is 7.99. The molecule has 3 aromatic rings. The largest absolute Gasteiger partial charge is 0.454 e. The first-order valence-electron chi connectivity index (χ1n) is 12.2. The molecule has 3 aromatic carbocycles. The third-order valence-electron chi connectivity index (χ3n) is 6.61. The third kappa shape index (κ3) is 5.29. The van der Waals surface area contributed by atoms with Gasteiger partial charge in [0.2, 0.25) is 12.7 Å². The van der Waals surface area contributed by atoms with Crippen LogP contribution in [0.15, 0.2) is 66.7 Å². The Kier molecular flexibility index (Phi) is 7.10. The Hall–Kier alpha value is -3.16. The van der Waals surface area contributed by atoms with Crippen molar-refractivity contribution in [2.45, 2.75) is 44.1 Å². The van der Waals surface area contributed by atoms with Crippen LogP contribution in [0.5, 0.6) is 11.5 Å². The number of carbonyl (C=O) groups is 2. The first kappa shape index (κ1) is 25.5. The van der Waals surface area contributed by atoms with Crippen molar-refractivity contribution in [1.29, 1.82) is 0 Å². The maximum Gasteiger partial charge on any atom is 0.257 e. The van der Waals surface area contributed by atoms with Crippen molar-refractivity contribution in [2.75, 3.05) is 12.5 Å². The van der Waals surface area contributed by atoms with E-state index in [4.69, 9.17) is 21.1 Å². The van der Waals surface area contributed by atoms with Gasteiger partial charge in [-0.25, -0.2) is 0 Å². The SMILES string of the molecule is CC(C)(C)c1ccc(C2SCC(C(=O)NCc3ccc4c(c3)OCO4)N2C(=O)c2ccccc2Cl)cc1. The molecule has 2 atom stereocenters. The molecule has 192 valence electrons. The minimum atomic E-state index is -0.643. The van der Waals surface area contributed by atoms with Crippen molar-refractivity contribution in [1.82, 2.24) is 10.2 Å². The van der Waals surface area contributed by atoms with Crippen molar-refractivity contribution >= 4 is 35.2 Å². The Morgan fingerprint density at radius 2 is 1.76 bits per heavy atom. The van der Waals surface area contributed by atoms with E-state index in [-0.39, 0.29) is 29.4 Å². The van der Waals surface area contributed by atoms with Crippen molar-refractivity contribution in [2.24, 2.45) is 0 Å². The van der Waals surface area contributed by atoms with Gasteiger partial charge in [0.25, 0.3) is 5.91 Å². The molecule has 2 heterocycles. The average molecular weight is 537 g/mol. The minimum absolute atomic E-state index is 0.0194. The molecule has 5 rings (SSSR count). The standard InChI is InChI=1S/C29H29ClN2O4S/c1-29(2,3)20-11-9-19(10-12-20)28-32(27(34)21-6-4-5-7-22(21)30)23(16-37-28)26(33)31-15-18-8-13-24-25(14-18)36-17-35-24/h4-14,23,28H,15-17H2,1-3H3,(H,31,33). The van der Waals surface area contributed by atoms with Crippen LogP contribution >= 0.6 is 23.4 Å². The maximum absolute atomic E-state index is 13.8. The number of halogens is 1. The lowest BCUT2D eigenvalue weighted by molar-refractivity contribution is -0.125. The monoisotopic (exact) mass is 536 g/mol. The molecule has 8 heteroatoms. The third-order valence-corrected chi connectivity index (χ3v) is 8.26. The van der Waals surface area contributed by atoms with Crippen LogP contribution in [0.1, 0.15) is 53.2 Å². The highest BCUT2D eigenvalue weighted by atomic mass is 35.5. The molecular formula is C29H29ClN2O4S. The van der Waals surface area contributed by atoms with E-state index in [0.29, 0.717) is 34.4 Å². The van der Waals surface area contributed by atoms with Gasteiger partial charge < -0.3 is 19.7 Å². The predicted octanol–water partition coefficient (Wildman–Crippen LogP) is 5.94. The number of amides is 2. The van der Waals surface area contributed by atoms with Crippen molar-refractivity contribution in [3.8, 4) is 11.5 Å². The normalized spacial score (nSPS) is 18.6. The first-order chi connectivity index (χ1) is 17.7. The first-order valence-corrected chi connectivity index (χ1v) is 13.6. The van der Waals surface area contributed by atoms with Gasteiger partial charge in [0, 0.05) is 12.3 Å². The molecule has 1 N–H and O–H groups in total. The van der Waals surface area contributed by atoms with Crippen LogP contribution in [0.4, 0.5) is 0 Å². The smallest absolute Gasteiger partial charge is 0.257 e. The molecule has 2 aliphatic rings. The van der Waals surface area contributed by atoms with E-state index in [1.165, 1.54) is 5.56 Å². The summed E-state index contributed by atoms with van der Waals surface area (Å²) in [6.07, 6.45) is 0. The van der Waals surface area contributed by atoms with Gasteiger partial charge in [-0.05, 0) is 46.4 Å². The fraction of sp³-hybridized carbons (Fsp3) is 0.310. The topological polar surface area (TPSA) is 67.9 Å². The number of thioether (sulfide) groups is 1. The minimum Gasteiger partial charge on any atom is -0.454 e. The highest BCUT2D eigenvalue weighted by Gasteiger charge is 2.43. The zero-order valence-corrected chi connectivity index (χ0v) is 22.6. The molecular weight excluding hydrogens is 508 g/mol. The molecule has 0 aromatic heterocycles. The number of fused-ring (bicyclic) bond motifs is 1. The Morgan fingerprint density at radius 3 is 2.49 bits per heavy atom. The molecule has 2 amide bonds. The molecule has 0 aliphatic carbocycles. The Balaban J connectivity index is 1.40. The van der Waals surface area contributed by atoms with Gasteiger partial charge in [0.05, 0.1) is 10.6 Å². The Bertz CT molecular complexity index is 1320. The maximum atomic E-state index is 13.8. The second kappa shape index (κ2) is 10.3. The van der Waals surface area contributed by atoms with Gasteiger partial charge in [-0.2, -0.15) is 0 Å². The summed E-state index contributed by atoms with van der Waals surface area (Å²) in [6, 6.07) is 20.2. The summed E-state index contributed by atoms with van der Waals surface area (Å²) < 4.78 is 10.8. The molecule has 6 nitrogen and oxygen atoms in total. The van der Waals surface area contributed by atoms with Crippen molar-refractivity contribution in [3.05, 3.63) is 94.0 Å². The van der Waals surface area contributed by atoms with E-state index in [1.807, 2.05) is 18.2 Å². The average Bonchev–Trinajstić information content (AvgIpc) is 3.54. The molecule has 37 heavy (non-hydrogen) atoms. The molecule has 2 unspecified atom stereocenters. The summed E-state index contributed by atoms with van der Waals surface area (Å²) in [5, 5.41) is 3.07. The van der Waals surface area contributed by atoms with Crippen LogP contribution in [0.3, 0.4) is 0 Å². The fourth-order valence-corrected chi connectivity index (χ4v) is 6.14. The van der Waals surface area contributed by atoms with E-state index in [1.54, 1.807) is 40.9 Å². The number of hydrogen-bond acceptors (Lipinski definition) is 5. The summed E-state index contributed by atoms with van der Waals surface area (Å²) in [5.41, 5.74) is 3.48. The summed E-state index contributed by atoms with van der Waals surface area (Å²) in [6.45, 7) is 7.01. The zero-order chi connectivity index (χ0) is 26.2. The van der Waals surface area contributed by atoms with Crippen molar-refractivity contribution < 1.29 is 19.1 Å². The molecule has 1 saturated heterocycles. The van der Waals surface area contributed by atoms with E-state index >= 15 is 0 Å². The van der Waals surface area contributed by atoms with Crippen LogP contribution in [0.25, 0.3) is 0 Å². The summed E-state index contributed by atoms with van der Waals surface area (Å²) in [5.74, 6) is 1.37. The molecule has 1 fully saturated rings. The van der Waals surface area contributed by atoms with E-state index in [9.17, 15) is 9.59 Å². The zero-order valence-electron chi connectivity index (χ0n) is 21.0. The van der Waals surface area contributed by atoms with Gasteiger partial charge in [0.1, 0.15) is 11.4 Å². The van der Waals surface area contributed by atoms with Gasteiger partial charge in [-0.3, -0.25) is 9.59 Å². The van der Waals surface area contributed by atoms with Crippen molar-refractivity contribution in [3.63, 3.8) is 0 Å². The Labute approximate surface area is 226 Å². The number of hydrogen-bond donors (Lipinski definition) is 1. The van der Waals surface area contributed by atoms with Crippen LogP contribution in [0, 0.1) is 0 Å². The van der Waals surface area contributed by atoms with Crippen LogP contribution in [-0.2, 0) is 16.8 Å². The number of carbonyl (C=O) groups excluding carboxylic acids is 2. The van der Waals surface area contributed by atoms with Crippen LogP contribution < -0.4 is 14.8 Å². The number of ether oxygens (including phenoxy) is 2. The van der Waals surface area contributed by atoms with E-state index in [2.05, 4.69) is 50.4 Å². The number of nitrogens with one attached hydrogen (secondary N) is 1. The number of rotatable bonds is 5. The molecule has 0 saturated carbocycles. The van der Waals surface area contributed by atoms with Crippen LogP contribution in [0.2, 0.25) is 5.02 Å². The second-order valence-electron chi connectivity index (χ2n) is 10.2. The molecule has 0 radical (unpaired) electrons. The van der Waals surface area contributed by atoms with Crippen LogP contribution in [-0.4, -0.2) is 35.3 Å². The Morgan fingerprint density at radius 1 is 1.03 bits per heavy atom. The van der Waals surface area contributed by atoms with Gasteiger partial charge in [-0.1, -0.05) is 74.8 Å². The van der Waals surface area contributed by atoms with E-state index < -0.39 is 6.04 Å². The molecule has 0 bridgehead atoms. The predicted molar refractivity (Wildman–Crippen MR) is 146 cm³/mol. The van der Waals surface area contributed by atoms with Gasteiger partial charge >= 0.3 is 0 Å². The lowest BCUT2D eigenvalue weighted by atomic mass is 9.86. The van der Waals surface area contributed by atoms with Gasteiger partial charge in [0.15, 0.2) is 11.5 Å². The number of benzene rings is 3. The molecule has 2 aliphatic heterocycles. The lowest BCUT2D eigenvalue weighted by Crippen LogP contribution is -2.47. The molecule has 0 spiro atoms. The highest BCUT2D eigenvalue weighted by Crippen LogP contribution is 2.43. The lowest BCUT2D eigenvalue weighted by Gasteiger charge is -2.30. The highest BCUT2D eigenvalue weighted by molar-refractivity contribution is 7.99. The quantitative estimate of drug-likeness (QED) is 0.437. The number of nitrogens with zero attached hydrogens (tertiary/aromatic N) is 1. The second-order valence-corrected chi connectivity index (χ2v) is 11.7. The summed E-state index contributed by atoms with van der Waals surface area (Å²) in [7, 11) is 0. The van der Waals surface area contributed by atoms with Gasteiger partial charge in [-0.15, -0.1) is 11.8 Å². The fourth-order valence-electron chi connectivity index (χ4n) is 4.49.